The van der Waals surface area contributed by atoms with E-state index >= 15 is 0 Å². The van der Waals surface area contributed by atoms with Gasteiger partial charge >= 0.3 is 0 Å². The van der Waals surface area contributed by atoms with Crippen LogP contribution in [-0.4, -0.2) is 17.4 Å². The smallest absolute Gasteiger partial charge is 0.251 e. The number of rotatable bonds is 10. The van der Waals surface area contributed by atoms with Crippen LogP contribution in [-0.2, 0) is 0 Å². The third-order valence-electron chi connectivity index (χ3n) is 3.30. The van der Waals surface area contributed by atoms with E-state index in [1.165, 1.54) is 44.9 Å². The Kier molecular flexibility index (Phi) is 9.05. The molecule has 1 aromatic heterocycles. The van der Waals surface area contributed by atoms with E-state index in [4.69, 9.17) is 11.6 Å². The second-order valence-electron chi connectivity index (χ2n) is 5.10. The van der Waals surface area contributed by atoms with Crippen LogP contribution in [0.5, 0.6) is 0 Å². The van der Waals surface area contributed by atoms with Gasteiger partial charge in [0, 0.05) is 18.3 Å². The summed E-state index contributed by atoms with van der Waals surface area (Å²) in [5, 5.41) is 3.26. The highest BCUT2D eigenvalue weighted by atomic mass is 35.5. The van der Waals surface area contributed by atoms with Crippen molar-refractivity contribution in [1.82, 2.24) is 10.3 Å². The number of hydrogen-bond donors (Lipinski definition) is 1. The molecule has 1 rings (SSSR count). The Balaban J connectivity index is 2.02. The van der Waals surface area contributed by atoms with Gasteiger partial charge in [0.1, 0.15) is 5.15 Å². The lowest BCUT2D eigenvalue weighted by Gasteiger charge is -2.05. The van der Waals surface area contributed by atoms with E-state index < -0.39 is 0 Å². The minimum Gasteiger partial charge on any atom is -0.352 e. The van der Waals surface area contributed by atoms with E-state index in [0.717, 1.165) is 13.0 Å². The summed E-state index contributed by atoms with van der Waals surface area (Å²) in [4.78, 5) is 15.7. The van der Waals surface area contributed by atoms with Crippen molar-refractivity contribution in [2.45, 2.75) is 58.3 Å². The molecule has 0 aromatic carbocycles. The van der Waals surface area contributed by atoms with Crippen molar-refractivity contribution in [3.8, 4) is 0 Å². The zero-order valence-electron chi connectivity index (χ0n) is 12.3. The van der Waals surface area contributed by atoms with Crippen molar-refractivity contribution in [1.29, 1.82) is 0 Å². The van der Waals surface area contributed by atoms with Crippen molar-refractivity contribution in [3.05, 3.63) is 29.0 Å². The molecule has 4 heteroatoms. The Labute approximate surface area is 127 Å². The van der Waals surface area contributed by atoms with Crippen molar-refractivity contribution in [2.75, 3.05) is 6.54 Å². The van der Waals surface area contributed by atoms with Crippen LogP contribution in [0.1, 0.15) is 68.6 Å². The van der Waals surface area contributed by atoms with E-state index in [0.29, 0.717) is 10.7 Å². The first-order valence-electron chi connectivity index (χ1n) is 7.63. The van der Waals surface area contributed by atoms with Gasteiger partial charge in [-0.15, -0.1) is 0 Å². The van der Waals surface area contributed by atoms with Gasteiger partial charge in [-0.3, -0.25) is 4.79 Å². The largest absolute Gasteiger partial charge is 0.352 e. The Morgan fingerprint density at radius 2 is 1.80 bits per heavy atom. The maximum absolute atomic E-state index is 11.8. The molecule has 1 N–H and O–H groups in total. The van der Waals surface area contributed by atoms with Gasteiger partial charge in [0.15, 0.2) is 0 Å². The van der Waals surface area contributed by atoms with Gasteiger partial charge < -0.3 is 5.32 Å². The fourth-order valence-electron chi connectivity index (χ4n) is 2.11. The predicted octanol–water partition coefficient (Wildman–Crippen LogP) is 4.61. The number of amides is 1. The topological polar surface area (TPSA) is 42.0 Å². The second-order valence-corrected chi connectivity index (χ2v) is 5.49. The Bertz CT molecular complexity index is 396. The van der Waals surface area contributed by atoms with Crippen molar-refractivity contribution >= 4 is 17.5 Å². The van der Waals surface area contributed by atoms with Crippen LogP contribution in [0.25, 0.3) is 0 Å². The number of nitrogens with zero attached hydrogens (tertiary/aromatic N) is 1. The molecule has 112 valence electrons. The summed E-state index contributed by atoms with van der Waals surface area (Å²) >= 11 is 5.75. The van der Waals surface area contributed by atoms with Gasteiger partial charge in [0.25, 0.3) is 5.91 Å². The third-order valence-corrected chi connectivity index (χ3v) is 3.51. The Hall–Kier alpha value is -1.09. The maximum atomic E-state index is 11.8. The summed E-state index contributed by atoms with van der Waals surface area (Å²) in [5.41, 5.74) is 0.574. The molecule has 0 saturated carbocycles. The predicted molar refractivity (Wildman–Crippen MR) is 84.2 cm³/mol. The van der Waals surface area contributed by atoms with E-state index in [1.54, 1.807) is 18.3 Å². The van der Waals surface area contributed by atoms with Gasteiger partial charge in [-0.05, 0) is 18.6 Å². The lowest BCUT2D eigenvalue weighted by molar-refractivity contribution is 0.0953. The average Bonchev–Trinajstić information content (AvgIpc) is 2.45. The molecule has 1 amide bonds. The molecule has 0 spiro atoms. The van der Waals surface area contributed by atoms with Crippen molar-refractivity contribution in [3.63, 3.8) is 0 Å². The standard InChI is InChI=1S/C16H25ClN2O/c1-2-3-4-5-6-7-8-9-11-19-16(20)14-10-12-18-15(17)13-14/h10,12-13H,2-9,11H2,1H3,(H,19,20). The third kappa shape index (κ3) is 7.49. The van der Waals surface area contributed by atoms with Crippen molar-refractivity contribution < 1.29 is 4.79 Å². The monoisotopic (exact) mass is 296 g/mol. The zero-order valence-corrected chi connectivity index (χ0v) is 13.1. The number of aromatic nitrogens is 1. The molecular formula is C16H25ClN2O. The lowest BCUT2D eigenvalue weighted by atomic mass is 10.1. The van der Waals surface area contributed by atoms with Gasteiger partial charge in [0.2, 0.25) is 0 Å². The number of nitrogens with one attached hydrogen (secondary N) is 1. The molecule has 0 aliphatic heterocycles. The molecule has 0 aliphatic rings. The summed E-state index contributed by atoms with van der Waals surface area (Å²) in [5.74, 6) is -0.0720. The summed E-state index contributed by atoms with van der Waals surface area (Å²) in [7, 11) is 0. The highest BCUT2D eigenvalue weighted by molar-refractivity contribution is 6.29. The highest BCUT2D eigenvalue weighted by Crippen LogP contribution is 2.09. The average molecular weight is 297 g/mol. The first-order chi connectivity index (χ1) is 9.74. The molecule has 3 nitrogen and oxygen atoms in total. The van der Waals surface area contributed by atoms with Crippen LogP contribution in [0.3, 0.4) is 0 Å². The minimum absolute atomic E-state index is 0.0720. The van der Waals surface area contributed by atoms with Crippen LogP contribution in [0.4, 0.5) is 0 Å². The second kappa shape index (κ2) is 10.7. The van der Waals surface area contributed by atoms with Gasteiger partial charge in [-0.1, -0.05) is 63.5 Å². The molecule has 0 radical (unpaired) electrons. The van der Waals surface area contributed by atoms with Crippen LogP contribution in [0.15, 0.2) is 18.3 Å². The van der Waals surface area contributed by atoms with E-state index in [-0.39, 0.29) is 5.91 Å². The molecule has 0 aliphatic carbocycles. The fourth-order valence-corrected chi connectivity index (χ4v) is 2.28. The Morgan fingerprint density at radius 3 is 2.45 bits per heavy atom. The summed E-state index contributed by atoms with van der Waals surface area (Å²) in [6.45, 7) is 2.96. The molecule has 20 heavy (non-hydrogen) atoms. The van der Waals surface area contributed by atoms with E-state index in [2.05, 4.69) is 17.2 Å². The molecule has 0 bridgehead atoms. The van der Waals surface area contributed by atoms with Crippen LogP contribution < -0.4 is 5.32 Å². The number of halogens is 1. The van der Waals surface area contributed by atoms with E-state index in [1.807, 2.05) is 0 Å². The van der Waals surface area contributed by atoms with E-state index in [9.17, 15) is 4.79 Å². The number of hydrogen-bond acceptors (Lipinski definition) is 2. The first-order valence-corrected chi connectivity index (χ1v) is 8.01. The summed E-state index contributed by atoms with van der Waals surface area (Å²) in [6, 6.07) is 3.26. The molecule has 0 fully saturated rings. The zero-order chi connectivity index (χ0) is 14.6. The summed E-state index contributed by atoms with van der Waals surface area (Å²) < 4.78 is 0. The minimum atomic E-state index is -0.0720. The molecule has 0 saturated heterocycles. The number of pyridine rings is 1. The van der Waals surface area contributed by atoms with Crippen LogP contribution >= 0.6 is 11.6 Å². The van der Waals surface area contributed by atoms with Gasteiger partial charge in [0.05, 0.1) is 0 Å². The maximum Gasteiger partial charge on any atom is 0.251 e. The molecular weight excluding hydrogens is 272 g/mol. The van der Waals surface area contributed by atoms with Crippen LogP contribution in [0, 0.1) is 0 Å². The molecule has 0 unspecified atom stereocenters. The number of carbonyl (C=O) groups is 1. The van der Waals surface area contributed by atoms with Crippen LogP contribution in [0.2, 0.25) is 5.15 Å². The van der Waals surface area contributed by atoms with Crippen molar-refractivity contribution in [2.24, 2.45) is 0 Å². The summed E-state index contributed by atoms with van der Waals surface area (Å²) in [6.07, 6.45) is 11.7. The number of unbranched alkanes of at least 4 members (excludes halogenated alkanes) is 7. The molecule has 1 aromatic rings. The fraction of sp³-hybridized carbons (Fsp3) is 0.625. The Morgan fingerprint density at radius 1 is 1.15 bits per heavy atom. The first kappa shape index (κ1) is 17.0. The SMILES string of the molecule is CCCCCCCCCCNC(=O)c1ccnc(Cl)c1. The lowest BCUT2D eigenvalue weighted by Crippen LogP contribution is -2.24. The molecule has 1 heterocycles. The van der Waals surface area contributed by atoms with Gasteiger partial charge in [-0.25, -0.2) is 4.98 Å². The molecule has 0 atom stereocenters. The number of carbonyl (C=O) groups excluding carboxylic acids is 1. The highest BCUT2D eigenvalue weighted by Gasteiger charge is 2.05. The quantitative estimate of drug-likeness (QED) is 0.506. The van der Waals surface area contributed by atoms with Gasteiger partial charge in [-0.2, -0.15) is 0 Å². The normalized spacial score (nSPS) is 10.5.